The second-order valence-corrected chi connectivity index (χ2v) is 11.7. The average molecular weight is 632 g/mol. The van der Waals surface area contributed by atoms with Crippen LogP contribution in [0.3, 0.4) is 0 Å². The number of aromatic nitrogens is 2. The summed E-state index contributed by atoms with van der Waals surface area (Å²) in [7, 11) is 1.54. The largest absolute Gasteiger partial charge is 0.857 e. The van der Waals surface area contributed by atoms with Crippen LogP contribution in [0.25, 0.3) is 5.57 Å². The van der Waals surface area contributed by atoms with E-state index in [9.17, 15) is 20.1 Å². The number of hydrogen-bond donors (Lipinski definition) is 4. The number of rotatable bonds is 7. The number of amidine groups is 1. The fraction of sp³-hybridized carbons (Fsp3) is 0.419. The Labute approximate surface area is 263 Å². The van der Waals surface area contributed by atoms with Crippen LogP contribution in [0.5, 0.6) is 17.2 Å². The van der Waals surface area contributed by atoms with Crippen molar-refractivity contribution in [2.75, 3.05) is 20.4 Å². The lowest BCUT2D eigenvalue weighted by atomic mass is 9.74. The Hall–Kier alpha value is -4.86. The second kappa shape index (κ2) is 11.2. The molecule has 0 saturated heterocycles. The number of carbonyl (C=O) groups excluding carboxylic acids is 1. The first kappa shape index (κ1) is 29.8. The molecule has 15 nitrogen and oxygen atoms in total. The summed E-state index contributed by atoms with van der Waals surface area (Å²) in [6, 6.07) is 0. The molecule has 4 N–H and O–H groups in total. The van der Waals surface area contributed by atoms with Crippen molar-refractivity contribution in [2.45, 2.75) is 63.9 Å². The summed E-state index contributed by atoms with van der Waals surface area (Å²) in [6.07, 6.45) is 8.40. The first-order chi connectivity index (χ1) is 22.2. The second-order valence-electron chi connectivity index (χ2n) is 11.7. The van der Waals surface area contributed by atoms with Crippen LogP contribution in [0, 0.1) is 5.41 Å². The molecule has 4 atom stereocenters. The van der Waals surface area contributed by atoms with E-state index in [1.165, 1.54) is 0 Å². The van der Waals surface area contributed by atoms with Crippen molar-refractivity contribution < 1.29 is 44.0 Å². The summed E-state index contributed by atoms with van der Waals surface area (Å²) in [5, 5.41) is 42.0. The Bertz CT molecular complexity index is 1820. The van der Waals surface area contributed by atoms with Gasteiger partial charge in [0.1, 0.15) is 23.4 Å². The van der Waals surface area contributed by atoms with Crippen LogP contribution in [0.2, 0.25) is 0 Å². The molecule has 1 saturated carbocycles. The monoisotopic (exact) mass is 631 g/mol. The molecule has 0 amide bonds. The molecule has 7 rings (SSSR count). The van der Waals surface area contributed by atoms with Crippen molar-refractivity contribution in [1.82, 2.24) is 9.55 Å². The van der Waals surface area contributed by atoms with Gasteiger partial charge in [0, 0.05) is 30.1 Å². The maximum atomic E-state index is 13.0. The highest BCUT2D eigenvalue weighted by Crippen LogP contribution is 2.59. The van der Waals surface area contributed by atoms with E-state index in [1.54, 1.807) is 39.4 Å². The number of methoxy groups -OCH3 is 1. The third-order valence-corrected chi connectivity index (χ3v) is 8.94. The molecule has 5 heterocycles. The number of esters is 1. The number of nitrogens with one attached hydrogen (secondary N) is 2. The number of benzene rings is 1. The highest BCUT2D eigenvalue weighted by Gasteiger charge is 2.52. The fourth-order valence-electron chi connectivity index (χ4n) is 6.94. The Morgan fingerprint density at radius 3 is 2.93 bits per heavy atom. The van der Waals surface area contributed by atoms with Crippen LogP contribution in [0.4, 0.5) is 5.95 Å². The molecular weight excluding hydrogens is 598 g/mol. The molecule has 240 valence electrons. The Morgan fingerprint density at radius 2 is 2.17 bits per heavy atom. The Kier molecular flexibility index (Phi) is 7.25. The number of aliphatic hydroxyl groups excluding tert-OH is 1. The first-order valence-electron chi connectivity index (χ1n) is 15.1. The number of nitrogens with zero attached hydrogens (tertiary/aromatic N) is 5. The summed E-state index contributed by atoms with van der Waals surface area (Å²) in [6.45, 7) is 3.54. The van der Waals surface area contributed by atoms with E-state index >= 15 is 0 Å². The minimum Gasteiger partial charge on any atom is -0.857 e. The van der Waals surface area contributed by atoms with E-state index in [0.717, 1.165) is 18.4 Å². The summed E-state index contributed by atoms with van der Waals surface area (Å²) in [4.78, 5) is 30.1. The fourth-order valence-corrected chi connectivity index (χ4v) is 6.94. The van der Waals surface area contributed by atoms with Crippen molar-refractivity contribution in [3.63, 3.8) is 0 Å². The quantitative estimate of drug-likeness (QED) is 0.306. The lowest BCUT2D eigenvalue weighted by molar-refractivity contribution is -0.730. The van der Waals surface area contributed by atoms with Crippen LogP contribution >= 0.6 is 0 Å². The van der Waals surface area contributed by atoms with Crippen LogP contribution in [0.1, 0.15) is 55.7 Å². The predicted octanol–water partition coefficient (Wildman–Crippen LogP) is 0.121. The standard InChI is InChI=1S/C31H33N7O8/c1-4-44-28(41)18-12-15(7-10-37-11-9-33-30(37)38-14-34-21-26(38)35-29(32)36-27(21)40)19-22(45-18)17(13-39)23-20(24(19)43-3)16-6-5-8-31(2,42)25(16)46-23/h7,9,11-12,16,25,39,42H,4-6,8,10,13-14H2,1-3H3,(H2,32,36,40)/t16-,25-,31+/m0/s1. The van der Waals surface area contributed by atoms with Gasteiger partial charge in [0.15, 0.2) is 12.4 Å². The van der Waals surface area contributed by atoms with Crippen LogP contribution in [-0.4, -0.2) is 81.2 Å². The molecule has 0 spiro atoms. The lowest BCUT2D eigenvalue weighted by Crippen LogP contribution is -3.10. The number of allylic oxidation sites excluding steroid dienone is 3. The molecule has 4 aliphatic heterocycles. The van der Waals surface area contributed by atoms with Gasteiger partial charge in [0.2, 0.25) is 11.7 Å². The number of fused-ring (bicyclic) bond motifs is 5. The summed E-state index contributed by atoms with van der Waals surface area (Å²) in [5.41, 5.74) is 1.22. The molecule has 0 bridgehead atoms. The molecule has 1 aromatic carbocycles. The SMILES string of the molecule is CCOC(=O)C1=CC(=CCn2ccnc2[NH+]2CN=C3C([O-])=NC(=N)N=C32)c2c(c(CO)c3c(c2OC)[C@@H]2CCC[C@@](C)(O)[C@H]2O3)O1. The number of carbonyl (C=O) groups is 1. The Morgan fingerprint density at radius 1 is 1.35 bits per heavy atom. The number of quaternary nitrogens is 1. The zero-order chi connectivity index (χ0) is 32.3. The number of aliphatic imine (C=N–C) groups is 3. The van der Waals surface area contributed by atoms with Crippen LogP contribution in [-0.2, 0) is 22.7 Å². The first-order valence-corrected chi connectivity index (χ1v) is 15.1. The number of guanidine groups is 1. The topological polar surface area (TPSA) is 201 Å². The van der Waals surface area contributed by atoms with Gasteiger partial charge < -0.3 is 34.3 Å². The normalized spacial score (nSPS) is 26.8. The highest BCUT2D eigenvalue weighted by atomic mass is 16.6. The van der Waals surface area contributed by atoms with Gasteiger partial charge in [-0.05, 0) is 44.8 Å². The third kappa shape index (κ3) is 4.61. The summed E-state index contributed by atoms with van der Waals surface area (Å²) in [5.74, 6) is -0.0594. The number of imidazole rings is 1. The van der Waals surface area contributed by atoms with E-state index in [2.05, 4.69) is 20.0 Å². The van der Waals surface area contributed by atoms with Crippen LogP contribution in [0.15, 0.2) is 45.3 Å². The molecule has 1 unspecified atom stereocenters. The van der Waals surface area contributed by atoms with E-state index in [-0.39, 0.29) is 54.8 Å². The van der Waals surface area contributed by atoms with Gasteiger partial charge in [-0.3, -0.25) is 9.98 Å². The van der Waals surface area contributed by atoms with Gasteiger partial charge in [0.05, 0.1) is 43.2 Å². The maximum absolute atomic E-state index is 13.0. The summed E-state index contributed by atoms with van der Waals surface area (Å²) >= 11 is 0. The molecule has 1 aliphatic carbocycles. The van der Waals surface area contributed by atoms with Gasteiger partial charge in [-0.2, -0.15) is 9.98 Å². The molecule has 15 heteroatoms. The summed E-state index contributed by atoms with van der Waals surface area (Å²) < 4.78 is 25.7. The van der Waals surface area contributed by atoms with E-state index in [1.807, 2.05) is 10.6 Å². The smallest absolute Gasteiger partial charge is 0.374 e. The average Bonchev–Trinajstić information content (AvgIpc) is 3.76. The number of ether oxygens (including phenoxy) is 4. The predicted molar refractivity (Wildman–Crippen MR) is 162 cm³/mol. The van der Waals surface area contributed by atoms with Crippen LogP contribution < -0.4 is 24.2 Å². The highest BCUT2D eigenvalue weighted by molar-refractivity contribution is 6.66. The van der Waals surface area contributed by atoms with Crippen molar-refractivity contribution in [1.29, 1.82) is 5.41 Å². The zero-order valence-corrected chi connectivity index (χ0v) is 25.5. The van der Waals surface area contributed by atoms with Gasteiger partial charge in [-0.15, -0.1) is 0 Å². The molecule has 1 fully saturated rings. The Balaban J connectivity index is 1.33. The molecule has 0 radical (unpaired) electrons. The third-order valence-electron chi connectivity index (χ3n) is 8.94. The van der Waals surface area contributed by atoms with Gasteiger partial charge in [-0.25, -0.2) is 19.7 Å². The minimum atomic E-state index is -1.09. The molecular formula is C31H33N7O8. The van der Waals surface area contributed by atoms with Crippen molar-refractivity contribution in [3.8, 4) is 17.2 Å². The number of aliphatic hydroxyl groups is 2. The molecule has 1 aromatic heterocycles. The van der Waals surface area contributed by atoms with E-state index in [4.69, 9.17) is 24.4 Å². The number of hydrogen-bond acceptors (Lipinski definition) is 11. The van der Waals surface area contributed by atoms with Crippen molar-refractivity contribution >= 4 is 40.9 Å². The van der Waals surface area contributed by atoms with Crippen molar-refractivity contribution in [2.24, 2.45) is 15.0 Å². The van der Waals surface area contributed by atoms with E-state index in [0.29, 0.717) is 45.5 Å². The van der Waals surface area contributed by atoms with Gasteiger partial charge in [0.25, 0.3) is 5.84 Å². The zero-order valence-electron chi connectivity index (χ0n) is 25.5. The molecule has 46 heavy (non-hydrogen) atoms. The lowest BCUT2D eigenvalue weighted by Gasteiger charge is -2.37. The van der Waals surface area contributed by atoms with Gasteiger partial charge >= 0.3 is 11.9 Å². The molecule has 2 aromatic rings. The maximum Gasteiger partial charge on any atom is 0.374 e. The van der Waals surface area contributed by atoms with E-state index < -0.39 is 30.2 Å². The minimum absolute atomic E-state index is 0.0777. The van der Waals surface area contributed by atoms with Gasteiger partial charge in [-0.1, -0.05) is 6.08 Å². The van der Waals surface area contributed by atoms with Crippen molar-refractivity contribution in [3.05, 3.63) is 47.0 Å². The molecule has 5 aliphatic rings.